The highest BCUT2D eigenvalue weighted by Crippen LogP contribution is 2.13. The highest BCUT2D eigenvalue weighted by atomic mass is 16.4. The largest absolute Gasteiger partial charge is 0.480 e. The van der Waals surface area contributed by atoms with E-state index in [1.807, 2.05) is 45.0 Å². The van der Waals surface area contributed by atoms with E-state index in [-0.39, 0.29) is 25.0 Å². The third-order valence-electron chi connectivity index (χ3n) is 2.83. The van der Waals surface area contributed by atoms with Gasteiger partial charge in [-0.1, -0.05) is 18.2 Å². The molecule has 0 radical (unpaired) electrons. The number of amides is 1. The summed E-state index contributed by atoms with van der Waals surface area (Å²) in [5.41, 5.74) is 1.73. The molecule has 0 saturated heterocycles. The van der Waals surface area contributed by atoms with Crippen LogP contribution in [0.25, 0.3) is 0 Å². The van der Waals surface area contributed by atoms with Gasteiger partial charge < -0.3 is 10.4 Å². The van der Waals surface area contributed by atoms with E-state index in [1.165, 1.54) is 0 Å². The van der Waals surface area contributed by atoms with Crippen LogP contribution in [0.3, 0.4) is 0 Å². The van der Waals surface area contributed by atoms with E-state index in [1.54, 1.807) is 4.90 Å². The number of carbonyl (C=O) groups excluding carboxylic acids is 1. The fourth-order valence-electron chi connectivity index (χ4n) is 1.68. The van der Waals surface area contributed by atoms with Gasteiger partial charge in [0, 0.05) is 11.7 Å². The molecule has 19 heavy (non-hydrogen) atoms. The van der Waals surface area contributed by atoms with Crippen LogP contribution in [0.4, 0.5) is 5.69 Å². The Morgan fingerprint density at radius 2 is 1.89 bits per heavy atom. The molecule has 0 aliphatic heterocycles. The van der Waals surface area contributed by atoms with Crippen LogP contribution in [0.5, 0.6) is 0 Å². The molecule has 0 aliphatic carbocycles. The maximum atomic E-state index is 11.9. The third kappa shape index (κ3) is 5.09. The minimum Gasteiger partial charge on any atom is -0.480 e. The van der Waals surface area contributed by atoms with E-state index in [4.69, 9.17) is 5.11 Å². The molecule has 5 nitrogen and oxygen atoms in total. The number of nitrogens with one attached hydrogen (secondary N) is 1. The molecule has 1 aromatic carbocycles. The average molecular weight is 264 g/mol. The van der Waals surface area contributed by atoms with Crippen molar-refractivity contribution < 1.29 is 14.7 Å². The van der Waals surface area contributed by atoms with Crippen molar-refractivity contribution in [3.63, 3.8) is 0 Å². The maximum absolute atomic E-state index is 11.9. The minimum absolute atomic E-state index is 0.00118. The number of hydrogen-bond acceptors (Lipinski definition) is 3. The van der Waals surface area contributed by atoms with Crippen molar-refractivity contribution in [1.29, 1.82) is 0 Å². The summed E-state index contributed by atoms with van der Waals surface area (Å²) < 4.78 is 0. The second kappa shape index (κ2) is 6.89. The Morgan fingerprint density at radius 1 is 1.26 bits per heavy atom. The first kappa shape index (κ1) is 15.2. The van der Waals surface area contributed by atoms with Gasteiger partial charge in [0.25, 0.3) is 0 Å². The smallest absolute Gasteiger partial charge is 0.317 e. The minimum atomic E-state index is -0.933. The Labute approximate surface area is 113 Å². The number of aliphatic carboxylic acids is 1. The molecule has 1 amide bonds. The molecule has 0 aliphatic rings. The first-order valence-corrected chi connectivity index (χ1v) is 6.21. The molecule has 104 valence electrons. The van der Waals surface area contributed by atoms with Crippen LogP contribution in [-0.2, 0) is 9.59 Å². The quantitative estimate of drug-likeness (QED) is 0.821. The van der Waals surface area contributed by atoms with E-state index in [0.717, 1.165) is 11.3 Å². The van der Waals surface area contributed by atoms with Gasteiger partial charge in [0.1, 0.15) is 0 Å². The van der Waals surface area contributed by atoms with Crippen molar-refractivity contribution in [3.8, 4) is 0 Å². The zero-order chi connectivity index (χ0) is 14.4. The van der Waals surface area contributed by atoms with Crippen molar-refractivity contribution >= 4 is 17.6 Å². The number of anilines is 1. The molecule has 1 rings (SSSR count). The molecule has 0 aromatic heterocycles. The van der Waals surface area contributed by atoms with Gasteiger partial charge in [-0.05, 0) is 32.4 Å². The summed E-state index contributed by atoms with van der Waals surface area (Å²) in [7, 11) is 0. The van der Waals surface area contributed by atoms with Crippen LogP contribution in [-0.4, -0.2) is 41.0 Å². The summed E-state index contributed by atoms with van der Waals surface area (Å²) in [6.07, 6.45) is 0. The highest BCUT2D eigenvalue weighted by molar-refractivity contribution is 5.93. The highest BCUT2D eigenvalue weighted by Gasteiger charge is 2.17. The summed E-state index contributed by atoms with van der Waals surface area (Å²) in [6, 6.07) is 7.48. The predicted octanol–water partition coefficient (Wildman–Crippen LogP) is 1.73. The first-order valence-electron chi connectivity index (χ1n) is 6.21. The lowest BCUT2D eigenvalue weighted by molar-refractivity contribution is -0.139. The molecule has 0 bridgehead atoms. The lowest BCUT2D eigenvalue weighted by Gasteiger charge is -2.23. The van der Waals surface area contributed by atoms with Crippen molar-refractivity contribution in [2.75, 3.05) is 18.4 Å². The van der Waals surface area contributed by atoms with E-state index >= 15 is 0 Å². The maximum Gasteiger partial charge on any atom is 0.317 e. The van der Waals surface area contributed by atoms with Crippen LogP contribution in [0.15, 0.2) is 24.3 Å². The number of rotatable bonds is 6. The second-order valence-corrected chi connectivity index (χ2v) is 4.76. The lowest BCUT2D eigenvalue weighted by Crippen LogP contribution is -2.41. The number of aryl methyl sites for hydroxylation is 1. The molecule has 0 unspecified atom stereocenters. The number of benzene rings is 1. The van der Waals surface area contributed by atoms with Crippen molar-refractivity contribution in [1.82, 2.24) is 4.90 Å². The Morgan fingerprint density at radius 3 is 2.42 bits per heavy atom. The monoisotopic (exact) mass is 264 g/mol. The Hall–Kier alpha value is -1.88. The van der Waals surface area contributed by atoms with Gasteiger partial charge in [0.15, 0.2) is 0 Å². The third-order valence-corrected chi connectivity index (χ3v) is 2.83. The summed E-state index contributed by atoms with van der Waals surface area (Å²) >= 11 is 0. The number of nitrogens with zero attached hydrogens (tertiary/aromatic N) is 1. The number of carboxylic acids is 1. The van der Waals surface area contributed by atoms with Gasteiger partial charge in [-0.2, -0.15) is 0 Å². The van der Waals surface area contributed by atoms with Crippen LogP contribution >= 0.6 is 0 Å². The lowest BCUT2D eigenvalue weighted by atomic mass is 10.2. The molecule has 5 heteroatoms. The predicted molar refractivity (Wildman–Crippen MR) is 74.2 cm³/mol. The van der Waals surface area contributed by atoms with Crippen molar-refractivity contribution in [3.05, 3.63) is 29.8 Å². The Bertz CT molecular complexity index is 458. The van der Waals surface area contributed by atoms with E-state index in [0.29, 0.717) is 0 Å². The van der Waals surface area contributed by atoms with Crippen molar-refractivity contribution in [2.45, 2.75) is 26.8 Å². The van der Waals surface area contributed by atoms with E-state index in [2.05, 4.69) is 5.32 Å². The van der Waals surface area contributed by atoms with Gasteiger partial charge in [0.05, 0.1) is 13.1 Å². The summed E-state index contributed by atoms with van der Waals surface area (Å²) in [5.74, 6) is -1.14. The number of hydrogen-bond donors (Lipinski definition) is 2. The molecule has 1 aromatic rings. The number of para-hydroxylation sites is 1. The normalized spacial score (nSPS) is 10.8. The van der Waals surface area contributed by atoms with E-state index < -0.39 is 5.97 Å². The average Bonchev–Trinajstić information content (AvgIpc) is 2.30. The molecule has 2 N–H and O–H groups in total. The number of carboxylic acid groups (broad SMARTS) is 1. The fraction of sp³-hybridized carbons (Fsp3) is 0.429. The van der Waals surface area contributed by atoms with Crippen LogP contribution in [0, 0.1) is 6.92 Å². The molecule has 0 heterocycles. The zero-order valence-electron chi connectivity index (χ0n) is 11.5. The SMILES string of the molecule is Cc1ccccc1NC(=O)CN(CC(=O)O)C(C)C. The van der Waals surface area contributed by atoms with E-state index in [9.17, 15) is 9.59 Å². The summed E-state index contributed by atoms with van der Waals surface area (Å²) in [6.45, 7) is 5.57. The molecule has 0 saturated carbocycles. The van der Waals surface area contributed by atoms with Crippen LogP contribution in [0.1, 0.15) is 19.4 Å². The standard InChI is InChI=1S/C14H20N2O3/c1-10(2)16(9-14(18)19)8-13(17)15-12-7-5-4-6-11(12)3/h4-7,10H,8-9H2,1-3H3,(H,15,17)(H,18,19). The summed E-state index contributed by atoms with van der Waals surface area (Å²) in [4.78, 5) is 24.3. The van der Waals surface area contributed by atoms with Crippen LogP contribution < -0.4 is 5.32 Å². The molecule has 0 fully saturated rings. The topological polar surface area (TPSA) is 69.6 Å². The van der Waals surface area contributed by atoms with Gasteiger partial charge in [-0.3, -0.25) is 14.5 Å². The molecular weight excluding hydrogens is 244 g/mol. The summed E-state index contributed by atoms with van der Waals surface area (Å²) in [5, 5.41) is 11.6. The Balaban J connectivity index is 2.63. The van der Waals surface area contributed by atoms with Gasteiger partial charge in [-0.15, -0.1) is 0 Å². The van der Waals surface area contributed by atoms with Gasteiger partial charge in [-0.25, -0.2) is 0 Å². The van der Waals surface area contributed by atoms with Gasteiger partial charge in [0.2, 0.25) is 5.91 Å². The van der Waals surface area contributed by atoms with Crippen molar-refractivity contribution in [2.24, 2.45) is 0 Å². The number of carbonyl (C=O) groups is 2. The zero-order valence-corrected chi connectivity index (χ0v) is 11.5. The Kier molecular flexibility index (Phi) is 5.51. The van der Waals surface area contributed by atoms with Gasteiger partial charge >= 0.3 is 5.97 Å². The first-order chi connectivity index (χ1) is 8.90. The molecular formula is C14H20N2O3. The fourth-order valence-corrected chi connectivity index (χ4v) is 1.68. The molecule has 0 atom stereocenters. The van der Waals surface area contributed by atoms with Crippen LogP contribution in [0.2, 0.25) is 0 Å². The second-order valence-electron chi connectivity index (χ2n) is 4.76. The molecule has 0 spiro atoms.